The lowest BCUT2D eigenvalue weighted by atomic mass is 10.0. The standard InChI is InChI=1S/C15H20O4/c1-17-8-6-12-2-4-14(5-3-12)19-11-15(16)13-7-9-18-10-13/h2-5,13H,6-11H2,1H3. The number of rotatable bonds is 7. The van der Waals surface area contributed by atoms with E-state index < -0.39 is 0 Å². The molecule has 0 N–H and O–H groups in total. The highest BCUT2D eigenvalue weighted by Gasteiger charge is 2.23. The van der Waals surface area contributed by atoms with Crippen molar-refractivity contribution in [3.05, 3.63) is 29.8 Å². The smallest absolute Gasteiger partial charge is 0.175 e. The van der Waals surface area contributed by atoms with Crippen molar-refractivity contribution in [1.82, 2.24) is 0 Å². The molecule has 1 unspecified atom stereocenters. The second kappa shape index (κ2) is 7.26. The van der Waals surface area contributed by atoms with Crippen LogP contribution in [0.1, 0.15) is 12.0 Å². The van der Waals surface area contributed by atoms with Crippen molar-refractivity contribution in [2.75, 3.05) is 33.5 Å². The van der Waals surface area contributed by atoms with Gasteiger partial charge >= 0.3 is 0 Å². The third-order valence-electron chi connectivity index (χ3n) is 3.28. The van der Waals surface area contributed by atoms with Crippen LogP contribution < -0.4 is 4.74 Å². The van der Waals surface area contributed by atoms with Gasteiger partial charge in [0.1, 0.15) is 12.4 Å². The molecule has 0 spiro atoms. The molecule has 1 heterocycles. The molecule has 0 saturated carbocycles. The summed E-state index contributed by atoms with van der Waals surface area (Å²) in [6.07, 6.45) is 1.70. The zero-order valence-electron chi connectivity index (χ0n) is 11.3. The van der Waals surface area contributed by atoms with Crippen LogP contribution in [0.15, 0.2) is 24.3 Å². The van der Waals surface area contributed by atoms with Gasteiger partial charge in [0.05, 0.1) is 13.2 Å². The van der Waals surface area contributed by atoms with E-state index >= 15 is 0 Å². The van der Waals surface area contributed by atoms with Crippen molar-refractivity contribution in [1.29, 1.82) is 0 Å². The van der Waals surface area contributed by atoms with Gasteiger partial charge in [-0.05, 0) is 30.5 Å². The molecule has 1 aliphatic heterocycles. The number of carbonyl (C=O) groups excluding carboxylic acids is 1. The number of benzene rings is 1. The minimum Gasteiger partial charge on any atom is -0.486 e. The average molecular weight is 264 g/mol. The maximum atomic E-state index is 11.8. The van der Waals surface area contributed by atoms with Gasteiger partial charge in [0.15, 0.2) is 5.78 Å². The number of methoxy groups -OCH3 is 1. The van der Waals surface area contributed by atoms with Crippen LogP contribution >= 0.6 is 0 Å². The summed E-state index contributed by atoms with van der Waals surface area (Å²) in [7, 11) is 1.69. The van der Waals surface area contributed by atoms with Crippen molar-refractivity contribution in [3.8, 4) is 5.75 Å². The summed E-state index contributed by atoms with van der Waals surface area (Å²) in [5, 5.41) is 0. The molecule has 4 nitrogen and oxygen atoms in total. The summed E-state index contributed by atoms with van der Waals surface area (Å²) in [6, 6.07) is 7.78. The van der Waals surface area contributed by atoms with Gasteiger partial charge in [0, 0.05) is 19.6 Å². The highest BCUT2D eigenvalue weighted by Crippen LogP contribution is 2.16. The van der Waals surface area contributed by atoms with Crippen LogP contribution in [-0.2, 0) is 20.7 Å². The van der Waals surface area contributed by atoms with Gasteiger partial charge in [0.2, 0.25) is 0 Å². The molecule has 1 aromatic rings. The maximum absolute atomic E-state index is 11.8. The molecule has 1 atom stereocenters. The molecule has 0 aromatic heterocycles. The van der Waals surface area contributed by atoms with E-state index in [1.54, 1.807) is 7.11 Å². The number of Topliss-reactive ketones (excluding diaryl/α,β-unsaturated/α-hetero) is 1. The van der Waals surface area contributed by atoms with Crippen molar-refractivity contribution < 1.29 is 19.0 Å². The van der Waals surface area contributed by atoms with E-state index in [4.69, 9.17) is 14.2 Å². The molecule has 0 aliphatic carbocycles. The highest BCUT2D eigenvalue weighted by molar-refractivity contribution is 5.82. The fraction of sp³-hybridized carbons (Fsp3) is 0.533. The minimum absolute atomic E-state index is 0.0148. The third-order valence-corrected chi connectivity index (χ3v) is 3.28. The van der Waals surface area contributed by atoms with E-state index in [0.717, 1.165) is 18.6 Å². The fourth-order valence-electron chi connectivity index (χ4n) is 2.03. The Bertz CT molecular complexity index is 393. The monoisotopic (exact) mass is 264 g/mol. The van der Waals surface area contributed by atoms with Crippen molar-refractivity contribution in [2.24, 2.45) is 5.92 Å². The average Bonchev–Trinajstić information content (AvgIpc) is 2.98. The van der Waals surface area contributed by atoms with Crippen LogP contribution in [0.3, 0.4) is 0 Å². The topological polar surface area (TPSA) is 44.8 Å². The molecule has 104 valence electrons. The first-order chi connectivity index (χ1) is 9.29. The second-order valence-electron chi connectivity index (χ2n) is 4.70. The minimum atomic E-state index is 0.0148. The van der Waals surface area contributed by atoms with Gasteiger partial charge in [-0.1, -0.05) is 12.1 Å². The Labute approximate surface area is 113 Å². The second-order valence-corrected chi connectivity index (χ2v) is 4.70. The van der Waals surface area contributed by atoms with Crippen LogP contribution in [0.25, 0.3) is 0 Å². The van der Waals surface area contributed by atoms with E-state index in [1.165, 1.54) is 5.56 Å². The quantitative estimate of drug-likeness (QED) is 0.754. The van der Waals surface area contributed by atoms with E-state index in [-0.39, 0.29) is 18.3 Å². The molecule has 1 aliphatic rings. The first kappa shape index (κ1) is 14.0. The van der Waals surface area contributed by atoms with E-state index in [1.807, 2.05) is 24.3 Å². The lowest BCUT2D eigenvalue weighted by Gasteiger charge is -2.09. The molecular formula is C15H20O4. The molecular weight excluding hydrogens is 244 g/mol. The van der Waals surface area contributed by atoms with Crippen LogP contribution in [0.2, 0.25) is 0 Å². The number of hydrogen-bond donors (Lipinski definition) is 0. The van der Waals surface area contributed by atoms with Crippen LogP contribution in [0, 0.1) is 5.92 Å². The number of ketones is 1. The Morgan fingerprint density at radius 3 is 2.79 bits per heavy atom. The largest absolute Gasteiger partial charge is 0.486 e. The van der Waals surface area contributed by atoms with E-state index in [2.05, 4.69) is 0 Å². The Morgan fingerprint density at radius 1 is 1.37 bits per heavy atom. The predicted octanol–water partition coefficient (Wildman–Crippen LogP) is 1.86. The predicted molar refractivity (Wildman–Crippen MR) is 71.5 cm³/mol. The Hall–Kier alpha value is -1.39. The van der Waals surface area contributed by atoms with E-state index in [0.29, 0.717) is 19.8 Å². The number of carbonyl (C=O) groups is 1. The highest BCUT2D eigenvalue weighted by atomic mass is 16.5. The van der Waals surface area contributed by atoms with Crippen molar-refractivity contribution in [2.45, 2.75) is 12.8 Å². The van der Waals surface area contributed by atoms with Gasteiger partial charge in [-0.25, -0.2) is 0 Å². The zero-order chi connectivity index (χ0) is 13.5. The van der Waals surface area contributed by atoms with Crippen LogP contribution in [0.5, 0.6) is 5.75 Å². The first-order valence-electron chi connectivity index (χ1n) is 6.60. The van der Waals surface area contributed by atoms with Gasteiger partial charge < -0.3 is 14.2 Å². The van der Waals surface area contributed by atoms with Gasteiger partial charge in [-0.15, -0.1) is 0 Å². The maximum Gasteiger partial charge on any atom is 0.175 e. The lowest BCUT2D eigenvalue weighted by molar-refractivity contribution is -0.124. The summed E-state index contributed by atoms with van der Waals surface area (Å²) >= 11 is 0. The van der Waals surface area contributed by atoms with Gasteiger partial charge in [-0.3, -0.25) is 4.79 Å². The molecule has 1 fully saturated rings. The molecule has 19 heavy (non-hydrogen) atoms. The fourth-order valence-corrected chi connectivity index (χ4v) is 2.03. The molecule has 2 rings (SSSR count). The molecule has 0 radical (unpaired) electrons. The van der Waals surface area contributed by atoms with E-state index in [9.17, 15) is 4.79 Å². The molecule has 0 amide bonds. The SMILES string of the molecule is COCCc1ccc(OCC(=O)C2CCOC2)cc1. The molecule has 1 saturated heterocycles. The van der Waals surface area contributed by atoms with Crippen LogP contribution in [-0.4, -0.2) is 39.3 Å². The van der Waals surface area contributed by atoms with Crippen molar-refractivity contribution in [3.63, 3.8) is 0 Å². The molecule has 0 bridgehead atoms. The van der Waals surface area contributed by atoms with Gasteiger partial charge in [-0.2, -0.15) is 0 Å². The zero-order valence-corrected chi connectivity index (χ0v) is 11.3. The summed E-state index contributed by atoms with van der Waals surface area (Å²) in [5.41, 5.74) is 1.20. The Morgan fingerprint density at radius 2 is 2.16 bits per heavy atom. The Balaban J connectivity index is 1.77. The molecule has 4 heteroatoms. The number of hydrogen-bond acceptors (Lipinski definition) is 4. The Kier molecular flexibility index (Phi) is 5.36. The third kappa shape index (κ3) is 4.33. The summed E-state index contributed by atoms with van der Waals surface area (Å²) in [5.74, 6) is 0.871. The van der Waals surface area contributed by atoms with Gasteiger partial charge in [0.25, 0.3) is 0 Å². The number of ether oxygens (including phenoxy) is 3. The normalized spacial score (nSPS) is 18.5. The summed E-state index contributed by atoms with van der Waals surface area (Å²) in [6.45, 7) is 2.06. The molecule has 1 aromatic carbocycles. The first-order valence-corrected chi connectivity index (χ1v) is 6.60. The summed E-state index contributed by atoms with van der Waals surface area (Å²) in [4.78, 5) is 11.8. The lowest BCUT2D eigenvalue weighted by Crippen LogP contribution is -2.21. The van der Waals surface area contributed by atoms with Crippen molar-refractivity contribution >= 4 is 5.78 Å². The van der Waals surface area contributed by atoms with Crippen LogP contribution in [0.4, 0.5) is 0 Å². The summed E-state index contributed by atoms with van der Waals surface area (Å²) < 4.78 is 15.7.